The standard InChI is InChI=1S/C18H19F3N4OS/c1-12-22-15(18(19,20)21)11-16(23-12)27-14-7-5-13(6-8-14)24-17(26)25-9-3-2-4-10-25/h5-8,11H,2-4,9-10H2,1H3,(H,24,26). The van der Waals surface area contributed by atoms with Crippen LogP contribution in [0.3, 0.4) is 0 Å². The summed E-state index contributed by atoms with van der Waals surface area (Å²) in [7, 11) is 0. The summed E-state index contributed by atoms with van der Waals surface area (Å²) in [5.41, 5.74) is -0.312. The van der Waals surface area contributed by atoms with Crippen molar-refractivity contribution in [3.8, 4) is 0 Å². The Balaban J connectivity index is 1.65. The van der Waals surface area contributed by atoms with E-state index >= 15 is 0 Å². The highest BCUT2D eigenvalue weighted by atomic mass is 32.2. The highest BCUT2D eigenvalue weighted by molar-refractivity contribution is 7.99. The number of hydrogen-bond acceptors (Lipinski definition) is 4. The lowest BCUT2D eigenvalue weighted by molar-refractivity contribution is -0.141. The molecule has 27 heavy (non-hydrogen) atoms. The molecule has 2 aromatic rings. The van der Waals surface area contributed by atoms with E-state index in [9.17, 15) is 18.0 Å². The second kappa shape index (κ2) is 8.16. The van der Waals surface area contributed by atoms with Crippen LogP contribution in [-0.2, 0) is 6.18 Å². The Morgan fingerprint density at radius 2 is 1.78 bits per heavy atom. The number of rotatable bonds is 3. The Kier molecular flexibility index (Phi) is 5.88. The average molecular weight is 396 g/mol. The van der Waals surface area contributed by atoms with E-state index in [2.05, 4.69) is 15.3 Å². The maximum absolute atomic E-state index is 12.9. The number of hydrogen-bond donors (Lipinski definition) is 1. The van der Waals surface area contributed by atoms with Crippen molar-refractivity contribution in [2.45, 2.75) is 42.3 Å². The fourth-order valence-corrected chi connectivity index (χ4v) is 3.63. The van der Waals surface area contributed by atoms with Gasteiger partial charge in [0, 0.05) is 29.7 Å². The van der Waals surface area contributed by atoms with E-state index in [4.69, 9.17) is 0 Å². The normalized spacial score (nSPS) is 14.9. The minimum Gasteiger partial charge on any atom is -0.325 e. The van der Waals surface area contributed by atoms with Crippen LogP contribution in [0.2, 0.25) is 0 Å². The molecule has 1 saturated heterocycles. The highest BCUT2D eigenvalue weighted by Crippen LogP contribution is 2.32. The Morgan fingerprint density at radius 3 is 2.41 bits per heavy atom. The van der Waals surface area contributed by atoms with Gasteiger partial charge in [0.25, 0.3) is 0 Å². The molecule has 5 nitrogen and oxygen atoms in total. The number of alkyl halides is 3. The van der Waals surface area contributed by atoms with E-state index in [-0.39, 0.29) is 16.9 Å². The van der Waals surface area contributed by atoms with Crippen molar-refractivity contribution in [3.05, 3.63) is 41.9 Å². The predicted octanol–water partition coefficient (Wildman–Crippen LogP) is 4.97. The second-order valence-corrected chi connectivity index (χ2v) is 7.33. The van der Waals surface area contributed by atoms with Gasteiger partial charge in [-0.3, -0.25) is 0 Å². The van der Waals surface area contributed by atoms with Crippen LogP contribution in [0.25, 0.3) is 0 Å². The number of aromatic nitrogens is 2. The van der Waals surface area contributed by atoms with Gasteiger partial charge < -0.3 is 10.2 Å². The lowest BCUT2D eigenvalue weighted by Crippen LogP contribution is -2.38. The molecule has 2 heterocycles. The molecule has 0 spiro atoms. The van der Waals surface area contributed by atoms with Crippen LogP contribution < -0.4 is 5.32 Å². The molecule has 2 amide bonds. The summed E-state index contributed by atoms with van der Waals surface area (Å²) in [6.07, 6.45) is -1.33. The van der Waals surface area contributed by atoms with Gasteiger partial charge in [-0.2, -0.15) is 13.2 Å². The summed E-state index contributed by atoms with van der Waals surface area (Å²) in [4.78, 5) is 22.2. The van der Waals surface area contributed by atoms with E-state index in [0.29, 0.717) is 5.69 Å². The maximum atomic E-state index is 12.9. The number of nitrogens with one attached hydrogen (secondary N) is 1. The number of benzene rings is 1. The van der Waals surface area contributed by atoms with E-state index < -0.39 is 11.9 Å². The van der Waals surface area contributed by atoms with Crippen molar-refractivity contribution in [2.75, 3.05) is 18.4 Å². The van der Waals surface area contributed by atoms with Crippen molar-refractivity contribution < 1.29 is 18.0 Å². The third kappa shape index (κ3) is 5.35. The third-order valence-corrected chi connectivity index (χ3v) is 5.00. The zero-order chi connectivity index (χ0) is 19.4. The van der Waals surface area contributed by atoms with E-state index in [1.54, 1.807) is 29.2 Å². The van der Waals surface area contributed by atoms with Gasteiger partial charge in [0.2, 0.25) is 0 Å². The molecule has 0 atom stereocenters. The smallest absolute Gasteiger partial charge is 0.325 e. The number of piperidine rings is 1. The van der Waals surface area contributed by atoms with Crippen LogP contribution in [0.15, 0.2) is 40.3 Å². The largest absolute Gasteiger partial charge is 0.433 e. The summed E-state index contributed by atoms with van der Waals surface area (Å²) in [5, 5.41) is 3.07. The molecular weight excluding hydrogens is 377 g/mol. The molecule has 1 aromatic carbocycles. The topological polar surface area (TPSA) is 58.1 Å². The van der Waals surface area contributed by atoms with Crippen LogP contribution in [0.4, 0.5) is 23.7 Å². The van der Waals surface area contributed by atoms with Crippen LogP contribution >= 0.6 is 11.8 Å². The van der Waals surface area contributed by atoms with Gasteiger partial charge in [0.05, 0.1) is 0 Å². The minimum absolute atomic E-state index is 0.0674. The predicted molar refractivity (Wildman–Crippen MR) is 96.8 cm³/mol. The molecular formula is C18H19F3N4OS. The monoisotopic (exact) mass is 396 g/mol. The molecule has 1 aromatic heterocycles. The second-order valence-electron chi connectivity index (χ2n) is 6.24. The lowest BCUT2D eigenvalue weighted by Gasteiger charge is -2.26. The molecule has 0 radical (unpaired) electrons. The lowest BCUT2D eigenvalue weighted by atomic mass is 10.1. The summed E-state index contributed by atoms with van der Waals surface area (Å²) < 4.78 is 38.6. The number of anilines is 1. The summed E-state index contributed by atoms with van der Waals surface area (Å²) >= 11 is 1.11. The first-order valence-corrected chi connectivity index (χ1v) is 9.40. The Morgan fingerprint density at radius 1 is 1.11 bits per heavy atom. The molecule has 1 N–H and O–H groups in total. The van der Waals surface area contributed by atoms with Crippen molar-refractivity contribution in [3.63, 3.8) is 0 Å². The number of carbonyl (C=O) groups is 1. The summed E-state index contributed by atoms with van der Waals surface area (Å²) in [6.45, 7) is 2.95. The third-order valence-electron chi connectivity index (χ3n) is 4.08. The molecule has 1 fully saturated rings. The Bertz CT molecular complexity index is 805. The number of nitrogens with zero attached hydrogens (tertiary/aromatic N) is 3. The SMILES string of the molecule is Cc1nc(Sc2ccc(NC(=O)N3CCCCC3)cc2)cc(C(F)(F)F)n1. The molecule has 1 aliphatic heterocycles. The fraction of sp³-hybridized carbons (Fsp3) is 0.389. The maximum Gasteiger partial charge on any atom is 0.433 e. The number of halogens is 3. The van der Waals surface area contributed by atoms with E-state index in [0.717, 1.165) is 55.1 Å². The first-order valence-electron chi connectivity index (χ1n) is 8.58. The molecule has 0 unspecified atom stereocenters. The fourth-order valence-electron chi connectivity index (χ4n) is 2.76. The van der Waals surface area contributed by atoms with Crippen LogP contribution in [0.5, 0.6) is 0 Å². The zero-order valence-electron chi connectivity index (χ0n) is 14.7. The zero-order valence-corrected chi connectivity index (χ0v) is 15.5. The van der Waals surface area contributed by atoms with Crippen LogP contribution in [-0.4, -0.2) is 34.0 Å². The number of amides is 2. The molecule has 9 heteroatoms. The Hall–Kier alpha value is -2.29. The molecule has 0 bridgehead atoms. The van der Waals surface area contributed by atoms with Gasteiger partial charge in [0.1, 0.15) is 16.5 Å². The van der Waals surface area contributed by atoms with Crippen molar-refractivity contribution in [1.29, 1.82) is 0 Å². The molecule has 1 aliphatic rings. The summed E-state index contributed by atoms with van der Waals surface area (Å²) in [6, 6.07) is 7.73. The van der Waals surface area contributed by atoms with Crippen molar-refractivity contribution >= 4 is 23.5 Å². The summed E-state index contributed by atoms with van der Waals surface area (Å²) in [5.74, 6) is 0.0674. The number of aryl methyl sites for hydroxylation is 1. The first-order chi connectivity index (χ1) is 12.8. The van der Waals surface area contributed by atoms with Crippen LogP contribution in [0.1, 0.15) is 30.8 Å². The molecule has 0 saturated carbocycles. The number of urea groups is 1. The van der Waals surface area contributed by atoms with Gasteiger partial charge in [-0.05, 0) is 50.5 Å². The molecule has 3 rings (SSSR count). The van der Waals surface area contributed by atoms with Gasteiger partial charge in [-0.15, -0.1) is 0 Å². The quantitative estimate of drug-likeness (QED) is 0.744. The number of carbonyl (C=O) groups excluding carboxylic acids is 1. The van der Waals surface area contributed by atoms with Gasteiger partial charge in [0.15, 0.2) is 0 Å². The molecule has 144 valence electrons. The van der Waals surface area contributed by atoms with Gasteiger partial charge in [-0.25, -0.2) is 14.8 Å². The number of likely N-dealkylation sites (tertiary alicyclic amines) is 1. The van der Waals surface area contributed by atoms with Crippen LogP contribution in [0, 0.1) is 6.92 Å². The van der Waals surface area contributed by atoms with E-state index in [1.807, 2.05) is 0 Å². The highest BCUT2D eigenvalue weighted by Gasteiger charge is 2.33. The minimum atomic E-state index is -4.51. The van der Waals surface area contributed by atoms with Crippen molar-refractivity contribution in [2.24, 2.45) is 0 Å². The van der Waals surface area contributed by atoms with Crippen molar-refractivity contribution in [1.82, 2.24) is 14.9 Å². The first kappa shape index (κ1) is 19.5. The molecule has 0 aliphatic carbocycles. The average Bonchev–Trinajstić information content (AvgIpc) is 2.63. The Labute approximate surface area is 159 Å². The van der Waals surface area contributed by atoms with E-state index in [1.165, 1.54) is 6.92 Å². The van der Waals surface area contributed by atoms with Gasteiger partial charge >= 0.3 is 12.2 Å². The van der Waals surface area contributed by atoms with Gasteiger partial charge in [-0.1, -0.05) is 11.8 Å².